The summed E-state index contributed by atoms with van der Waals surface area (Å²) in [5.74, 6) is 3.45. The van der Waals surface area contributed by atoms with Gasteiger partial charge in [0, 0.05) is 43.0 Å². The average Bonchev–Trinajstić information content (AvgIpc) is 3.04. The number of hydrogen-bond donors (Lipinski definition) is 1. The highest BCUT2D eigenvalue weighted by Crippen LogP contribution is 2.33. The molecule has 0 saturated heterocycles. The second-order valence-corrected chi connectivity index (χ2v) is 8.04. The van der Waals surface area contributed by atoms with Crippen molar-refractivity contribution in [1.29, 1.82) is 0 Å². The standard InChI is InChI=1S/C19H24N8S/c1-13-20-11-16-17(5-4-10-26(2)19(16)21-13)22-14-6-8-15(9-7-14)28-12-18-23-24-25-27(18)3/h6-9,11,17,22H,4-5,10,12H2,1-3H3. The molecule has 28 heavy (non-hydrogen) atoms. The number of hydrogen-bond acceptors (Lipinski definition) is 8. The van der Waals surface area contributed by atoms with Crippen molar-refractivity contribution in [2.45, 2.75) is 36.5 Å². The van der Waals surface area contributed by atoms with Crippen LogP contribution in [0.15, 0.2) is 35.4 Å². The van der Waals surface area contributed by atoms with Gasteiger partial charge in [-0.2, -0.15) is 0 Å². The SMILES string of the molecule is Cc1ncc2c(n1)N(C)CCCC2Nc1ccc(SCc2nnnn2C)cc1. The minimum Gasteiger partial charge on any atom is -0.378 e. The fourth-order valence-electron chi connectivity index (χ4n) is 3.33. The molecule has 0 aliphatic carbocycles. The van der Waals surface area contributed by atoms with E-state index < -0.39 is 0 Å². The van der Waals surface area contributed by atoms with Gasteiger partial charge in [0.1, 0.15) is 11.6 Å². The third-order valence-electron chi connectivity index (χ3n) is 4.91. The predicted octanol–water partition coefficient (Wildman–Crippen LogP) is 2.98. The molecule has 0 radical (unpaired) electrons. The lowest BCUT2D eigenvalue weighted by Gasteiger charge is -2.22. The van der Waals surface area contributed by atoms with Crippen molar-refractivity contribution in [3.63, 3.8) is 0 Å². The van der Waals surface area contributed by atoms with E-state index in [1.807, 2.05) is 20.2 Å². The number of tetrazole rings is 1. The van der Waals surface area contributed by atoms with E-state index in [1.54, 1.807) is 16.4 Å². The first-order valence-electron chi connectivity index (χ1n) is 9.35. The van der Waals surface area contributed by atoms with Crippen LogP contribution in [0.3, 0.4) is 0 Å². The van der Waals surface area contributed by atoms with E-state index in [9.17, 15) is 0 Å². The summed E-state index contributed by atoms with van der Waals surface area (Å²) in [6.45, 7) is 2.95. The number of anilines is 2. The molecule has 8 nitrogen and oxygen atoms in total. The molecule has 0 fully saturated rings. The number of rotatable bonds is 5. The van der Waals surface area contributed by atoms with Gasteiger partial charge < -0.3 is 10.2 Å². The number of benzene rings is 1. The molecule has 0 saturated carbocycles. The van der Waals surface area contributed by atoms with Crippen LogP contribution in [0.4, 0.5) is 11.5 Å². The molecule has 1 unspecified atom stereocenters. The van der Waals surface area contributed by atoms with Crippen LogP contribution in [0.1, 0.15) is 36.1 Å². The molecular weight excluding hydrogens is 372 g/mol. The molecule has 3 aromatic rings. The summed E-state index contributed by atoms with van der Waals surface area (Å²) in [7, 11) is 3.96. The number of aromatic nitrogens is 6. The molecule has 3 heterocycles. The zero-order chi connectivity index (χ0) is 19.5. The average molecular weight is 397 g/mol. The van der Waals surface area contributed by atoms with Crippen LogP contribution in [0.2, 0.25) is 0 Å². The summed E-state index contributed by atoms with van der Waals surface area (Å²) in [5, 5.41) is 15.2. The van der Waals surface area contributed by atoms with Gasteiger partial charge in [-0.05, 0) is 54.5 Å². The minimum atomic E-state index is 0.212. The van der Waals surface area contributed by atoms with Crippen LogP contribution >= 0.6 is 11.8 Å². The van der Waals surface area contributed by atoms with Gasteiger partial charge in [0.2, 0.25) is 0 Å². The molecule has 1 N–H and O–H groups in total. The Labute approximate surface area is 168 Å². The van der Waals surface area contributed by atoms with E-state index in [4.69, 9.17) is 0 Å². The van der Waals surface area contributed by atoms with Crippen molar-refractivity contribution < 1.29 is 0 Å². The number of thioether (sulfide) groups is 1. The molecule has 4 rings (SSSR count). The van der Waals surface area contributed by atoms with Gasteiger partial charge in [0.15, 0.2) is 5.82 Å². The monoisotopic (exact) mass is 396 g/mol. The van der Waals surface area contributed by atoms with Gasteiger partial charge in [-0.3, -0.25) is 0 Å². The summed E-state index contributed by atoms with van der Waals surface area (Å²) < 4.78 is 1.70. The van der Waals surface area contributed by atoms with Crippen LogP contribution < -0.4 is 10.2 Å². The van der Waals surface area contributed by atoms with Crippen molar-refractivity contribution in [2.24, 2.45) is 7.05 Å². The number of nitrogens with one attached hydrogen (secondary N) is 1. The molecule has 1 aromatic carbocycles. The van der Waals surface area contributed by atoms with Crippen LogP contribution in [-0.4, -0.2) is 43.8 Å². The third-order valence-corrected chi connectivity index (χ3v) is 5.92. The normalized spacial score (nSPS) is 16.5. The van der Waals surface area contributed by atoms with Crippen LogP contribution in [-0.2, 0) is 12.8 Å². The Hall–Kier alpha value is -2.68. The fourth-order valence-corrected chi connectivity index (χ4v) is 4.20. The van der Waals surface area contributed by atoms with E-state index in [1.165, 1.54) is 10.5 Å². The number of nitrogens with zero attached hydrogens (tertiary/aromatic N) is 7. The Morgan fingerprint density at radius 2 is 2.04 bits per heavy atom. The Morgan fingerprint density at radius 3 is 2.79 bits per heavy atom. The van der Waals surface area contributed by atoms with Crippen molar-refractivity contribution >= 4 is 23.3 Å². The second kappa shape index (κ2) is 8.14. The number of fused-ring (bicyclic) bond motifs is 1. The highest BCUT2D eigenvalue weighted by Gasteiger charge is 2.23. The van der Waals surface area contributed by atoms with Gasteiger partial charge in [-0.25, -0.2) is 14.6 Å². The molecule has 1 aliphatic heterocycles. The lowest BCUT2D eigenvalue weighted by atomic mass is 10.1. The summed E-state index contributed by atoms with van der Waals surface area (Å²) in [6, 6.07) is 8.73. The van der Waals surface area contributed by atoms with Gasteiger partial charge in [0.05, 0.1) is 11.8 Å². The Morgan fingerprint density at radius 1 is 1.21 bits per heavy atom. The summed E-state index contributed by atoms with van der Waals surface area (Å²) in [5.41, 5.74) is 2.27. The number of aryl methyl sites for hydroxylation is 2. The summed E-state index contributed by atoms with van der Waals surface area (Å²) >= 11 is 1.72. The van der Waals surface area contributed by atoms with Gasteiger partial charge >= 0.3 is 0 Å². The minimum absolute atomic E-state index is 0.212. The first kappa shape index (κ1) is 18.7. The van der Waals surface area contributed by atoms with E-state index in [0.717, 1.165) is 48.3 Å². The maximum atomic E-state index is 4.67. The van der Waals surface area contributed by atoms with Crippen molar-refractivity contribution in [3.8, 4) is 0 Å². The van der Waals surface area contributed by atoms with E-state index >= 15 is 0 Å². The van der Waals surface area contributed by atoms with E-state index in [2.05, 4.69) is 67.0 Å². The van der Waals surface area contributed by atoms with Crippen molar-refractivity contribution in [2.75, 3.05) is 23.8 Å². The molecule has 0 amide bonds. The van der Waals surface area contributed by atoms with Crippen molar-refractivity contribution in [1.82, 2.24) is 30.2 Å². The Balaban J connectivity index is 1.45. The summed E-state index contributed by atoms with van der Waals surface area (Å²) in [4.78, 5) is 12.5. The van der Waals surface area contributed by atoms with E-state index in [0.29, 0.717) is 0 Å². The lowest BCUT2D eigenvalue weighted by molar-refractivity contribution is 0.666. The maximum Gasteiger partial charge on any atom is 0.161 e. The van der Waals surface area contributed by atoms with Crippen LogP contribution in [0.25, 0.3) is 0 Å². The molecule has 2 aromatic heterocycles. The smallest absolute Gasteiger partial charge is 0.161 e. The molecule has 146 valence electrons. The highest BCUT2D eigenvalue weighted by atomic mass is 32.2. The lowest BCUT2D eigenvalue weighted by Crippen LogP contribution is -2.20. The van der Waals surface area contributed by atoms with Gasteiger partial charge in [-0.15, -0.1) is 16.9 Å². The second-order valence-electron chi connectivity index (χ2n) is 6.99. The first-order valence-corrected chi connectivity index (χ1v) is 10.3. The van der Waals surface area contributed by atoms with Crippen molar-refractivity contribution in [3.05, 3.63) is 47.7 Å². The maximum absolute atomic E-state index is 4.67. The molecule has 1 atom stereocenters. The third kappa shape index (κ3) is 4.09. The molecule has 9 heteroatoms. The summed E-state index contributed by atoms with van der Waals surface area (Å²) in [6.07, 6.45) is 4.14. The largest absolute Gasteiger partial charge is 0.378 e. The molecule has 0 spiro atoms. The van der Waals surface area contributed by atoms with E-state index in [-0.39, 0.29) is 6.04 Å². The topological polar surface area (TPSA) is 84.7 Å². The van der Waals surface area contributed by atoms with Crippen LogP contribution in [0, 0.1) is 6.92 Å². The fraction of sp³-hybridized carbons (Fsp3) is 0.421. The van der Waals surface area contributed by atoms with Gasteiger partial charge in [-0.1, -0.05) is 0 Å². The van der Waals surface area contributed by atoms with Gasteiger partial charge in [0.25, 0.3) is 0 Å². The van der Waals surface area contributed by atoms with Crippen LogP contribution in [0.5, 0.6) is 0 Å². The quantitative estimate of drug-likeness (QED) is 0.659. The first-order chi connectivity index (χ1) is 13.6. The Bertz CT molecular complexity index is 939. The zero-order valence-corrected chi connectivity index (χ0v) is 17.1. The highest BCUT2D eigenvalue weighted by molar-refractivity contribution is 7.98. The molecular formula is C19H24N8S. The molecule has 0 bridgehead atoms. The predicted molar refractivity (Wildman–Crippen MR) is 110 cm³/mol. The molecule has 1 aliphatic rings. The zero-order valence-electron chi connectivity index (χ0n) is 16.3. The Kier molecular flexibility index (Phi) is 5.43.